The molecule has 3 unspecified atom stereocenters. The molecule has 2 fully saturated rings. The first-order valence-corrected chi connectivity index (χ1v) is 6.17. The van der Waals surface area contributed by atoms with Crippen LogP contribution < -0.4 is 0 Å². The molecule has 3 atom stereocenters. The summed E-state index contributed by atoms with van der Waals surface area (Å²) in [5.74, 6) is 2.16. The lowest BCUT2D eigenvalue weighted by atomic mass is 9.61. The van der Waals surface area contributed by atoms with Crippen molar-refractivity contribution in [2.75, 3.05) is 0 Å². The molecule has 4 rings (SSSR count). The Balaban J connectivity index is 2.06. The summed E-state index contributed by atoms with van der Waals surface area (Å²) in [5, 5.41) is 0. The molecule has 0 saturated heterocycles. The van der Waals surface area contributed by atoms with E-state index in [1.807, 2.05) is 0 Å². The molecule has 3 heteroatoms. The van der Waals surface area contributed by atoms with Crippen molar-refractivity contribution in [1.29, 1.82) is 0 Å². The Labute approximate surface area is 80.7 Å². The number of allylic oxidation sites excluding steroid dienone is 2. The average Bonchev–Trinajstić information content (AvgIpc) is 2.00. The van der Waals surface area contributed by atoms with Gasteiger partial charge < -0.3 is 4.55 Å². The van der Waals surface area contributed by atoms with E-state index in [-0.39, 0.29) is 0 Å². The lowest BCUT2D eigenvalue weighted by Crippen LogP contribution is -2.36. The van der Waals surface area contributed by atoms with Crippen LogP contribution in [0.3, 0.4) is 0 Å². The molecule has 13 heavy (non-hydrogen) atoms. The first-order chi connectivity index (χ1) is 6.24. The molecule has 4 bridgehead atoms. The third kappa shape index (κ3) is 1.13. The summed E-state index contributed by atoms with van der Waals surface area (Å²) >= 11 is -1.68. The summed E-state index contributed by atoms with van der Waals surface area (Å²) in [7, 11) is 0. The van der Waals surface area contributed by atoms with Crippen molar-refractivity contribution in [3.05, 3.63) is 10.5 Å². The maximum atomic E-state index is 11.1. The lowest BCUT2D eigenvalue weighted by molar-refractivity contribution is 0.163. The minimum atomic E-state index is -1.68. The highest BCUT2D eigenvalue weighted by atomic mass is 32.2. The topological polar surface area (TPSA) is 37.3 Å². The van der Waals surface area contributed by atoms with Crippen LogP contribution >= 0.6 is 0 Å². The molecule has 0 aliphatic heterocycles. The number of hydrogen-bond donors (Lipinski definition) is 1. The van der Waals surface area contributed by atoms with Crippen LogP contribution in [-0.4, -0.2) is 8.76 Å². The summed E-state index contributed by atoms with van der Waals surface area (Å²) in [5.41, 5.74) is 1.34. The maximum Gasteiger partial charge on any atom is 0.182 e. The van der Waals surface area contributed by atoms with Gasteiger partial charge in [-0.15, -0.1) is 0 Å². The number of rotatable bonds is 1. The Hall–Kier alpha value is -0.150. The van der Waals surface area contributed by atoms with E-state index >= 15 is 0 Å². The predicted octanol–water partition coefficient (Wildman–Crippen LogP) is 2.30. The van der Waals surface area contributed by atoms with Gasteiger partial charge in [0, 0.05) is 4.91 Å². The highest BCUT2D eigenvalue weighted by molar-refractivity contribution is 7.83. The van der Waals surface area contributed by atoms with Gasteiger partial charge in [-0.1, -0.05) is 5.57 Å². The Morgan fingerprint density at radius 2 is 1.77 bits per heavy atom. The van der Waals surface area contributed by atoms with Gasteiger partial charge in [0.05, 0.1) is 0 Å². The molecule has 0 radical (unpaired) electrons. The molecule has 72 valence electrons. The van der Waals surface area contributed by atoms with Crippen molar-refractivity contribution < 1.29 is 8.76 Å². The lowest BCUT2D eigenvalue weighted by Gasteiger charge is -2.46. The molecule has 0 heterocycles. The fraction of sp³-hybridized carbons (Fsp3) is 0.800. The van der Waals surface area contributed by atoms with Gasteiger partial charge in [0.1, 0.15) is 0 Å². The summed E-state index contributed by atoms with van der Waals surface area (Å²) in [4.78, 5) is 0.909. The van der Waals surface area contributed by atoms with Gasteiger partial charge in [0.15, 0.2) is 11.1 Å². The fourth-order valence-corrected chi connectivity index (χ4v) is 4.54. The van der Waals surface area contributed by atoms with Gasteiger partial charge in [-0.25, -0.2) is 4.21 Å². The Kier molecular flexibility index (Phi) is 1.68. The maximum absolute atomic E-state index is 11.1. The molecule has 1 N–H and O–H groups in total. The molecular formula is C10H14O2S. The van der Waals surface area contributed by atoms with Crippen molar-refractivity contribution >= 4 is 11.1 Å². The molecule has 0 aromatic rings. The fourth-order valence-electron chi connectivity index (χ4n) is 3.65. The first-order valence-electron chi connectivity index (χ1n) is 5.07. The van der Waals surface area contributed by atoms with E-state index in [4.69, 9.17) is 0 Å². The van der Waals surface area contributed by atoms with Crippen LogP contribution in [0.25, 0.3) is 0 Å². The predicted molar refractivity (Wildman–Crippen MR) is 51.4 cm³/mol. The minimum absolute atomic E-state index is 0.465. The summed E-state index contributed by atoms with van der Waals surface area (Å²) in [6.07, 6.45) is 5.98. The molecule has 2 nitrogen and oxygen atoms in total. The largest absolute Gasteiger partial charge is 0.302 e. The van der Waals surface area contributed by atoms with E-state index in [1.54, 1.807) is 0 Å². The normalized spacial score (nSPS) is 44.2. The van der Waals surface area contributed by atoms with Crippen LogP contribution in [0, 0.1) is 17.8 Å². The van der Waals surface area contributed by atoms with E-state index in [0.717, 1.165) is 29.6 Å². The zero-order valence-corrected chi connectivity index (χ0v) is 8.35. The monoisotopic (exact) mass is 198 g/mol. The van der Waals surface area contributed by atoms with Crippen LogP contribution in [0.4, 0.5) is 0 Å². The molecule has 0 spiro atoms. The van der Waals surface area contributed by atoms with Crippen LogP contribution in [-0.2, 0) is 11.1 Å². The molecule has 4 aliphatic rings. The van der Waals surface area contributed by atoms with Crippen LogP contribution in [0.2, 0.25) is 0 Å². The van der Waals surface area contributed by atoms with Crippen molar-refractivity contribution in [1.82, 2.24) is 0 Å². The van der Waals surface area contributed by atoms with Crippen LogP contribution in [0.1, 0.15) is 32.1 Å². The summed E-state index contributed by atoms with van der Waals surface area (Å²) in [6, 6.07) is 0. The Morgan fingerprint density at radius 1 is 1.15 bits per heavy atom. The molecule has 0 aromatic heterocycles. The summed E-state index contributed by atoms with van der Waals surface area (Å²) in [6.45, 7) is 0. The highest BCUT2D eigenvalue weighted by Gasteiger charge is 2.43. The smallest absolute Gasteiger partial charge is 0.182 e. The highest BCUT2D eigenvalue weighted by Crippen LogP contribution is 2.53. The van der Waals surface area contributed by atoms with Crippen molar-refractivity contribution in [3.63, 3.8) is 0 Å². The van der Waals surface area contributed by atoms with Crippen molar-refractivity contribution in [2.45, 2.75) is 32.1 Å². The zero-order valence-electron chi connectivity index (χ0n) is 7.53. The van der Waals surface area contributed by atoms with Gasteiger partial charge in [0.2, 0.25) is 0 Å². The Bertz CT molecular complexity index is 292. The van der Waals surface area contributed by atoms with Crippen molar-refractivity contribution in [2.24, 2.45) is 17.8 Å². The average molecular weight is 198 g/mol. The van der Waals surface area contributed by atoms with E-state index in [9.17, 15) is 8.76 Å². The minimum Gasteiger partial charge on any atom is -0.302 e. The molecule has 0 amide bonds. The molecule has 0 aromatic carbocycles. The standard InChI is InChI=1S/C10H14O2S/c11-13(12)10-8-2-6-1-7(4-8)5-9(10)3-6/h6-8H,1-5H2,(H,11,12). The van der Waals surface area contributed by atoms with Gasteiger partial charge in [0.25, 0.3) is 0 Å². The number of hydrogen-bond acceptors (Lipinski definition) is 1. The van der Waals surface area contributed by atoms with Crippen LogP contribution in [0.5, 0.6) is 0 Å². The van der Waals surface area contributed by atoms with E-state index in [2.05, 4.69) is 0 Å². The second-order valence-electron chi connectivity index (χ2n) is 4.76. The quantitative estimate of drug-likeness (QED) is 0.656. The first kappa shape index (κ1) is 8.18. The van der Waals surface area contributed by atoms with Crippen LogP contribution in [0.15, 0.2) is 10.5 Å². The third-order valence-corrected chi connectivity index (χ3v) is 4.88. The molecule has 2 saturated carbocycles. The third-order valence-electron chi connectivity index (χ3n) is 3.88. The van der Waals surface area contributed by atoms with E-state index in [1.165, 1.54) is 24.8 Å². The van der Waals surface area contributed by atoms with Gasteiger partial charge in [-0.2, -0.15) is 0 Å². The molecule has 4 aliphatic carbocycles. The zero-order chi connectivity index (χ0) is 9.00. The Morgan fingerprint density at radius 3 is 2.23 bits per heavy atom. The van der Waals surface area contributed by atoms with Gasteiger partial charge in [-0.05, 0) is 49.9 Å². The van der Waals surface area contributed by atoms with Crippen molar-refractivity contribution in [3.8, 4) is 0 Å². The van der Waals surface area contributed by atoms with E-state index < -0.39 is 11.1 Å². The van der Waals surface area contributed by atoms with Gasteiger partial charge in [-0.3, -0.25) is 0 Å². The molecular weight excluding hydrogens is 184 g/mol. The summed E-state index contributed by atoms with van der Waals surface area (Å²) < 4.78 is 20.3. The van der Waals surface area contributed by atoms with E-state index in [0.29, 0.717) is 5.92 Å². The SMILES string of the molecule is O=S(O)C1=C2CC3CC(C2)CC1C3. The second-order valence-corrected chi connectivity index (χ2v) is 5.70. The second kappa shape index (κ2) is 2.67. The van der Waals surface area contributed by atoms with Gasteiger partial charge >= 0.3 is 0 Å².